The predicted molar refractivity (Wildman–Crippen MR) is 90.6 cm³/mol. The molecular weight excluding hydrogens is 564 g/mol. The van der Waals surface area contributed by atoms with Crippen LogP contribution in [0.2, 0.25) is 0 Å². The molecule has 165 valence electrons. The summed E-state index contributed by atoms with van der Waals surface area (Å²) in [6, 6.07) is 0. The van der Waals surface area contributed by atoms with Crippen molar-refractivity contribution in [1.29, 1.82) is 0 Å². The summed E-state index contributed by atoms with van der Waals surface area (Å²) in [5, 5.41) is 0. The average molecular weight is 596 g/mol. The summed E-state index contributed by atoms with van der Waals surface area (Å²) in [5.74, 6) is -1.30. The summed E-state index contributed by atoms with van der Waals surface area (Å²) in [6.45, 7) is 18.7. The van der Waals surface area contributed by atoms with E-state index in [0.717, 1.165) is 29.6 Å². The van der Waals surface area contributed by atoms with Crippen molar-refractivity contribution in [3.63, 3.8) is 0 Å². The Hall–Kier alpha value is 0.549. The Bertz CT molecular complexity index is 306. The molecule has 0 aromatic carbocycles. The minimum Gasteiger partial charge on any atom is -0.415 e. The molecule has 0 heterocycles. The normalized spacial score (nSPS) is 28.3. The van der Waals surface area contributed by atoms with E-state index in [4.69, 9.17) is 0 Å². The van der Waals surface area contributed by atoms with Crippen LogP contribution < -0.4 is 0 Å². The third kappa shape index (κ3) is 10.8. The van der Waals surface area contributed by atoms with E-state index >= 15 is 0 Å². The molecule has 0 atom stereocenters. The molecule has 1 aliphatic rings. The minimum absolute atomic E-state index is 0. The van der Waals surface area contributed by atoms with Crippen molar-refractivity contribution in [2.24, 2.45) is 29.6 Å². The number of hydrogen-bond acceptors (Lipinski definition) is 0. The Morgan fingerprint density at radius 2 is 0.808 bits per heavy atom. The molecule has 1 nitrogen and oxygen atoms in total. The zero-order chi connectivity index (χ0) is 20.0. The first-order chi connectivity index (χ1) is 10.5. The van der Waals surface area contributed by atoms with Crippen molar-refractivity contribution in [1.82, 2.24) is 0 Å². The molecule has 2 N–H and O–H groups in total. The van der Waals surface area contributed by atoms with E-state index in [1.165, 1.54) is 0 Å². The van der Waals surface area contributed by atoms with Crippen molar-refractivity contribution >= 4 is 7.92 Å². The zero-order valence-corrected chi connectivity index (χ0v) is 19.6. The van der Waals surface area contributed by atoms with Crippen molar-refractivity contribution in [3.05, 3.63) is 6.43 Å². The molecule has 1 aliphatic carbocycles. The fraction of sp³-hybridized carbons (Fsp3) is 0.938. The van der Waals surface area contributed by atoms with E-state index in [0.29, 0.717) is 7.92 Å². The quantitative estimate of drug-likeness (QED) is 0.193. The maximum Gasteiger partial charge on any atom is 0.427 e. The van der Waals surface area contributed by atoms with E-state index in [9.17, 15) is 30.7 Å². The largest absolute Gasteiger partial charge is 0.427 e. The molecule has 1 radical (unpaired) electrons. The molecule has 0 aromatic heterocycles. The van der Waals surface area contributed by atoms with Gasteiger partial charge in [0.25, 0.3) is 5.92 Å². The zero-order valence-electron chi connectivity index (χ0n) is 16.3. The van der Waals surface area contributed by atoms with Gasteiger partial charge in [-0.2, -0.15) is 13.2 Å². The summed E-state index contributed by atoms with van der Waals surface area (Å²) < 4.78 is 76.3. The number of alkyl halides is 5. The van der Waals surface area contributed by atoms with Crippen LogP contribution in [-0.2, 0) is 20.1 Å². The summed E-state index contributed by atoms with van der Waals surface area (Å²) in [4.78, 5) is 0. The van der Waals surface area contributed by atoms with Gasteiger partial charge >= 0.3 is 6.18 Å². The van der Waals surface area contributed by atoms with Crippen LogP contribution >= 0.6 is 7.92 Å². The Balaban J connectivity index is -0.000000146. The fourth-order valence-electron chi connectivity index (χ4n) is 2.50. The Labute approximate surface area is 167 Å². The first-order valence-electron chi connectivity index (χ1n) is 7.72. The summed E-state index contributed by atoms with van der Waals surface area (Å²) in [7, 11) is 0.380. The number of hydrogen-bond donors (Lipinski definition) is 0. The first-order valence-corrected chi connectivity index (χ1v) is 10.4. The molecule has 0 amide bonds. The minimum atomic E-state index is -6.20. The van der Waals surface area contributed by atoms with Gasteiger partial charge in [0.1, 0.15) is 0 Å². The van der Waals surface area contributed by atoms with Crippen LogP contribution in [0.15, 0.2) is 0 Å². The third-order valence-corrected chi connectivity index (χ3v) is 4.74. The smallest absolute Gasteiger partial charge is 0.415 e. The van der Waals surface area contributed by atoms with Crippen molar-refractivity contribution in [2.75, 3.05) is 20.0 Å². The summed E-state index contributed by atoms with van der Waals surface area (Å²) in [6.07, 6.45) is -10.1. The second-order valence-corrected chi connectivity index (χ2v) is 9.65. The van der Waals surface area contributed by atoms with Gasteiger partial charge in [0.2, 0.25) is 0 Å². The number of halogens is 7. The molecule has 0 spiro atoms. The van der Waals surface area contributed by atoms with Gasteiger partial charge in [-0.15, -0.1) is 7.92 Å². The monoisotopic (exact) mass is 596 g/mol. The second-order valence-electron chi connectivity index (χ2n) is 6.97. The molecule has 0 unspecified atom stereocenters. The van der Waals surface area contributed by atoms with Crippen LogP contribution in [0.25, 0.3) is 0 Å². The molecule has 26 heavy (non-hydrogen) atoms. The topological polar surface area (TPSA) is 31.5 Å². The van der Waals surface area contributed by atoms with Crippen molar-refractivity contribution < 1.29 is 56.3 Å². The molecular formula is C16H31F7IrOP-. The summed E-state index contributed by atoms with van der Waals surface area (Å²) in [5.41, 5.74) is 0. The first kappa shape index (κ1) is 34.1. The van der Waals surface area contributed by atoms with Crippen LogP contribution in [0, 0.1) is 36.0 Å². The molecule has 1 fully saturated rings. The van der Waals surface area contributed by atoms with Gasteiger partial charge in [0.15, 0.2) is 0 Å². The van der Waals surface area contributed by atoms with Gasteiger partial charge in [-0.1, -0.05) is 34.6 Å². The molecule has 0 saturated heterocycles. The third-order valence-electron chi connectivity index (χ3n) is 4.74. The van der Waals surface area contributed by atoms with E-state index in [-0.39, 0.29) is 25.6 Å². The second kappa shape index (κ2) is 13.7. The van der Waals surface area contributed by atoms with Crippen molar-refractivity contribution in [3.8, 4) is 0 Å². The van der Waals surface area contributed by atoms with Crippen LogP contribution in [0.1, 0.15) is 34.6 Å². The molecule has 0 bridgehead atoms. The van der Waals surface area contributed by atoms with Gasteiger partial charge in [0, 0.05) is 20.1 Å². The molecule has 1 saturated carbocycles. The fourth-order valence-corrected chi connectivity index (χ4v) is 2.50. The maximum atomic E-state index is 11.1. The van der Waals surface area contributed by atoms with Gasteiger partial charge in [0.05, 0.1) is 6.43 Å². The van der Waals surface area contributed by atoms with E-state index < -0.39 is 18.5 Å². The van der Waals surface area contributed by atoms with E-state index in [1.807, 2.05) is 0 Å². The van der Waals surface area contributed by atoms with Crippen LogP contribution in [-0.4, -0.2) is 37.6 Å². The SMILES string of the molecule is CC1C(C)C(C)C(C)C1C.CP(C)C.F[C-](F)C(F)(F)C(F)(F)F.O.[Ir]. The Morgan fingerprint density at radius 3 is 0.846 bits per heavy atom. The predicted octanol–water partition coefficient (Wildman–Crippen LogP) is 6.32. The van der Waals surface area contributed by atoms with Gasteiger partial charge in [-0.3, -0.25) is 0 Å². The van der Waals surface area contributed by atoms with E-state index in [1.54, 1.807) is 0 Å². The van der Waals surface area contributed by atoms with Crippen LogP contribution in [0.3, 0.4) is 0 Å². The maximum absolute atomic E-state index is 11.1. The van der Waals surface area contributed by atoms with Crippen molar-refractivity contribution in [2.45, 2.75) is 46.7 Å². The summed E-state index contributed by atoms with van der Waals surface area (Å²) >= 11 is 0. The van der Waals surface area contributed by atoms with Gasteiger partial charge in [-0.25, -0.2) is 8.78 Å². The van der Waals surface area contributed by atoms with Gasteiger partial charge < -0.3 is 14.3 Å². The average Bonchev–Trinajstić information content (AvgIpc) is 2.56. The molecule has 0 aliphatic heterocycles. The molecule has 1 rings (SSSR count). The number of rotatable bonds is 1. The Kier molecular flexibility index (Phi) is 17.9. The Morgan fingerprint density at radius 1 is 0.654 bits per heavy atom. The van der Waals surface area contributed by atoms with Crippen LogP contribution in [0.4, 0.5) is 30.7 Å². The standard InChI is InChI=1S/C10H20.C3F7.C3H9P.Ir.H2O/c1-6-7(2)9(4)10(5)8(6)3;4-1(5)2(6,7)3(8,9)10;1-4(2)3;;/h6-10H,1-5H3;;1-3H3;;1H2/q;-1;;;. The van der Waals surface area contributed by atoms with E-state index in [2.05, 4.69) is 54.6 Å². The molecule has 0 aromatic rings. The van der Waals surface area contributed by atoms with Gasteiger partial charge in [-0.05, 0) is 49.6 Å². The van der Waals surface area contributed by atoms with Crippen LogP contribution in [0.5, 0.6) is 0 Å². The molecule has 10 heteroatoms.